The number of rotatable bonds is 2. The molecule has 76 valence electrons. The smallest absolute Gasteiger partial charge is 0.0455 e. The second-order valence-corrected chi connectivity index (χ2v) is 4.18. The monoisotopic (exact) mass is 210 g/mol. The molecule has 1 unspecified atom stereocenters. The first-order valence-corrected chi connectivity index (χ1v) is 5.29. The minimum Gasteiger partial charge on any atom is -0.384 e. The molecule has 1 atom stereocenters. The van der Waals surface area contributed by atoms with Gasteiger partial charge in [-0.05, 0) is 31.2 Å². The van der Waals surface area contributed by atoms with Gasteiger partial charge in [-0.15, -0.1) is 0 Å². The molecule has 0 aliphatic carbocycles. The molecule has 14 heavy (non-hydrogen) atoms. The van der Waals surface area contributed by atoms with Crippen molar-refractivity contribution >= 4 is 17.3 Å². The predicted molar refractivity (Wildman–Crippen MR) is 61.3 cm³/mol. The van der Waals surface area contributed by atoms with Gasteiger partial charge in [-0.3, -0.25) is 0 Å². The van der Waals surface area contributed by atoms with Crippen LogP contribution in [0, 0.1) is 6.92 Å². The summed E-state index contributed by atoms with van der Waals surface area (Å²) in [7, 11) is 1.99. The van der Waals surface area contributed by atoms with Crippen LogP contribution in [0.4, 0.5) is 5.69 Å². The lowest BCUT2D eigenvalue weighted by Crippen LogP contribution is -2.18. The minimum absolute atomic E-state index is 0.575. The van der Waals surface area contributed by atoms with Gasteiger partial charge in [0, 0.05) is 29.7 Å². The topological polar surface area (TPSA) is 24.1 Å². The maximum absolute atomic E-state index is 6.06. The third-order valence-electron chi connectivity index (χ3n) is 2.85. The van der Waals surface area contributed by atoms with Crippen LogP contribution in [0.15, 0.2) is 12.1 Å². The highest BCUT2D eigenvalue weighted by molar-refractivity contribution is 6.31. The summed E-state index contributed by atoms with van der Waals surface area (Å²) in [5.41, 5.74) is 3.79. The molecule has 0 radical (unpaired) electrons. The van der Waals surface area contributed by atoms with Gasteiger partial charge in [0.25, 0.3) is 0 Å². The molecule has 0 amide bonds. The van der Waals surface area contributed by atoms with E-state index >= 15 is 0 Å². The van der Waals surface area contributed by atoms with Gasteiger partial charge in [-0.25, -0.2) is 0 Å². The Morgan fingerprint density at radius 2 is 2.36 bits per heavy atom. The molecular formula is C11H15ClN2. The Kier molecular flexibility index (Phi) is 2.66. The third-order valence-corrected chi connectivity index (χ3v) is 3.26. The zero-order valence-corrected chi connectivity index (χ0v) is 9.28. The van der Waals surface area contributed by atoms with Crippen LogP contribution in [0.5, 0.6) is 0 Å². The number of nitrogens with one attached hydrogen (secondary N) is 2. The highest BCUT2D eigenvalue weighted by Crippen LogP contribution is 2.36. The largest absolute Gasteiger partial charge is 0.384 e. The summed E-state index contributed by atoms with van der Waals surface area (Å²) in [6.45, 7) is 4.09. The zero-order valence-electron chi connectivity index (χ0n) is 8.52. The Hall–Kier alpha value is -0.730. The van der Waals surface area contributed by atoms with Crippen molar-refractivity contribution in [3.05, 3.63) is 28.3 Å². The third kappa shape index (κ3) is 1.49. The van der Waals surface area contributed by atoms with Crippen molar-refractivity contribution in [2.75, 3.05) is 25.5 Å². The van der Waals surface area contributed by atoms with E-state index in [0.717, 1.165) is 18.1 Å². The first kappa shape index (κ1) is 9.81. The van der Waals surface area contributed by atoms with Crippen molar-refractivity contribution in [2.24, 2.45) is 0 Å². The molecule has 0 fully saturated rings. The van der Waals surface area contributed by atoms with Gasteiger partial charge >= 0.3 is 0 Å². The fraction of sp³-hybridized carbons (Fsp3) is 0.455. The van der Waals surface area contributed by atoms with Gasteiger partial charge in [0.05, 0.1) is 0 Å². The second-order valence-electron chi connectivity index (χ2n) is 3.77. The van der Waals surface area contributed by atoms with Gasteiger partial charge in [-0.2, -0.15) is 0 Å². The summed E-state index contributed by atoms with van der Waals surface area (Å²) in [4.78, 5) is 0. The van der Waals surface area contributed by atoms with Crippen molar-refractivity contribution in [3.8, 4) is 0 Å². The van der Waals surface area contributed by atoms with Crippen LogP contribution in [-0.2, 0) is 0 Å². The summed E-state index contributed by atoms with van der Waals surface area (Å²) in [5, 5.41) is 7.48. The molecule has 0 bridgehead atoms. The number of fused-ring (bicyclic) bond motifs is 1. The van der Waals surface area contributed by atoms with E-state index in [1.165, 1.54) is 16.8 Å². The number of hydrogen-bond donors (Lipinski definition) is 2. The number of benzene rings is 1. The summed E-state index contributed by atoms with van der Waals surface area (Å²) in [6.07, 6.45) is 0. The number of hydrogen-bond acceptors (Lipinski definition) is 2. The quantitative estimate of drug-likeness (QED) is 0.784. The Labute approximate surface area is 89.7 Å². The summed E-state index contributed by atoms with van der Waals surface area (Å²) in [6, 6.07) is 4.12. The molecule has 0 saturated heterocycles. The van der Waals surface area contributed by atoms with Crippen LogP contribution < -0.4 is 10.6 Å². The van der Waals surface area contributed by atoms with E-state index in [1.54, 1.807) is 0 Å². The molecular weight excluding hydrogens is 196 g/mol. The molecule has 2 nitrogen and oxygen atoms in total. The highest BCUT2D eigenvalue weighted by Gasteiger charge is 2.23. The molecule has 2 rings (SSSR count). The van der Waals surface area contributed by atoms with Gasteiger partial charge in [0.15, 0.2) is 0 Å². The summed E-state index contributed by atoms with van der Waals surface area (Å²) in [5.74, 6) is 0.575. The molecule has 3 heteroatoms. The van der Waals surface area contributed by atoms with Gasteiger partial charge in [0.1, 0.15) is 0 Å². The Morgan fingerprint density at radius 3 is 3.07 bits per heavy atom. The Balaban J connectivity index is 2.37. The standard InChI is InChI=1S/C11H15ClN2/c1-7-10(12)4-3-9-8(5-13-2)6-14-11(7)9/h3-4,8,13-14H,5-6H2,1-2H3. The second kappa shape index (κ2) is 3.79. The molecule has 1 aliphatic heterocycles. The van der Waals surface area contributed by atoms with Crippen LogP contribution in [0.25, 0.3) is 0 Å². The number of halogens is 1. The van der Waals surface area contributed by atoms with Crippen molar-refractivity contribution in [1.82, 2.24) is 5.32 Å². The molecule has 0 saturated carbocycles. The molecule has 1 heterocycles. The summed E-state index contributed by atoms with van der Waals surface area (Å²) < 4.78 is 0. The lowest BCUT2D eigenvalue weighted by Gasteiger charge is -2.10. The van der Waals surface area contributed by atoms with Gasteiger partial charge < -0.3 is 10.6 Å². The maximum Gasteiger partial charge on any atom is 0.0455 e. The number of likely N-dealkylation sites (N-methyl/N-ethyl adjacent to an activating group) is 1. The van der Waals surface area contributed by atoms with Crippen molar-refractivity contribution in [1.29, 1.82) is 0 Å². The van der Waals surface area contributed by atoms with E-state index < -0.39 is 0 Å². The van der Waals surface area contributed by atoms with Gasteiger partial charge in [0.2, 0.25) is 0 Å². The van der Waals surface area contributed by atoms with E-state index in [0.29, 0.717) is 5.92 Å². The lowest BCUT2D eigenvalue weighted by atomic mass is 9.99. The number of anilines is 1. The fourth-order valence-corrected chi connectivity index (χ4v) is 2.20. The molecule has 1 aliphatic rings. The van der Waals surface area contributed by atoms with E-state index in [2.05, 4.69) is 23.6 Å². The van der Waals surface area contributed by atoms with Crippen LogP contribution >= 0.6 is 11.6 Å². The molecule has 2 N–H and O–H groups in total. The van der Waals surface area contributed by atoms with E-state index in [9.17, 15) is 0 Å². The van der Waals surface area contributed by atoms with Crippen molar-refractivity contribution < 1.29 is 0 Å². The van der Waals surface area contributed by atoms with E-state index in [-0.39, 0.29) is 0 Å². The normalized spacial score (nSPS) is 19.2. The molecule has 1 aromatic carbocycles. The lowest BCUT2D eigenvalue weighted by molar-refractivity contribution is 0.674. The average molecular weight is 211 g/mol. The van der Waals surface area contributed by atoms with Crippen LogP contribution in [0.3, 0.4) is 0 Å². The molecule has 1 aromatic rings. The highest BCUT2D eigenvalue weighted by atomic mass is 35.5. The minimum atomic E-state index is 0.575. The predicted octanol–water partition coefficient (Wildman–Crippen LogP) is 2.38. The van der Waals surface area contributed by atoms with Crippen molar-refractivity contribution in [2.45, 2.75) is 12.8 Å². The van der Waals surface area contributed by atoms with Crippen molar-refractivity contribution in [3.63, 3.8) is 0 Å². The van der Waals surface area contributed by atoms with Crippen LogP contribution in [-0.4, -0.2) is 20.1 Å². The van der Waals surface area contributed by atoms with Crippen LogP contribution in [0.2, 0.25) is 5.02 Å². The average Bonchev–Trinajstić information content (AvgIpc) is 2.57. The van der Waals surface area contributed by atoms with E-state index in [4.69, 9.17) is 11.6 Å². The summed E-state index contributed by atoms with van der Waals surface area (Å²) >= 11 is 6.06. The Bertz CT molecular complexity index is 349. The van der Waals surface area contributed by atoms with Gasteiger partial charge in [-0.1, -0.05) is 17.7 Å². The molecule has 0 aromatic heterocycles. The Morgan fingerprint density at radius 1 is 1.57 bits per heavy atom. The fourth-order valence-electron chi connectivity index (χ4n) is 2.05. The maximum atomic E-state index is 6.06. The first-order valence-electron chi connectivity index (χ1n) is 4.91. The SMILES string of the molecule is CNCC1CNc2c1ccc(Cl)c2C. The van der Waals surface area contributed by atoms with E-state index in [1.807, 2.05) is 13.1 Å². The molecule has 0 spiro atoms. The zero-order chi connectivity index (χ0) is 10.1. The first-order chi connectivity index (χ1) is 6.74. The van der Waals surface area contributed by atoms with Crippen LogP contribution in [0.1, 0.15) is 17.0 Å².